The Balaban J connectivity index is 2.41. The molecule has 0 heterocycles. The number of primary amides is 1. The molecule has 0 aliphatic rings. The zero-order chi connectivity index (χ0) is 15.4. The number of nitrogens with two attached hydrogens (primary N) is 1. The van der Waals surface area contributed by atoms with Crippen molar-refractivity contribution in [1.82, 2.24) is 0 Å². The summed E-state index contributed by atoms with van der Waals surface area (Å²) in [6.07, 6.45) is 0. The third-order valence-corrected chi connectivity index (χ3v) is 3.55. The lowest BCUT2D eigenvalue weighted by atomic mass is 10.2. The van der Waals surface area contributed by atoms with Crippen LogP contribution in [0, 0.1) is 10.1 Å². The van der Waals surface area contributed by atoms with Gasteiger partial charge in [0.15, 0.2) is 0 Å². The molecule has 2 N–H and O–H groups in total. The smallest absolute Gasteiger partial charge is 0.319 e. The summed E-state index contributed by atoms with van der Waals surface area (Å²) >= 11 is 3.29. The van der Waals surface area contributed by atoms with Gasteiger partial charge in [-0.15, -0.1) is 0 Å². The van der Waals surface area contributed by atoms with Gasteiger partial charge in [-0.3, -0.25) is 15.0 Å². The van der Waals surface area contributed by atoms with Gasteiger partial charge in [-0.2, -0.15) is 0 Å². The fraction of sp³-hybridized carbons (Fsp3) is 0.0714. The molecule has 0 saturated carbocycles. The molecule has 0 saturated heterocycles. The van der Waals surface area contributed by atoms with Crippen molar-refractivity contribution in [2.75, 3.05) is 4.90 Å². The zero-order valence-corrected chi connectivity index (χ0v) is 12.5. The minimum atomic E-state index is -0.681. The molecule has 2 rings (SSSR count). The molecule has 0 spiro atoms. The number of halogens is 1. The third-order valence-electron chi connectivity index (χ3n) is 2.88. The molecule has 0 radical (unpaired) electrons. The highest BCUT2D eigenvalue weighted by molar-refractivity contribution is 9.10. The highest BCUT2D eigenvalue weighted by Gasteiger charge is 2.19. The van der Waals surface area contributed by atoms with Crippen LogP contribution in [0.1, 0.15) is 5.56 Å². The van der Waals surface area contributed by atoms with E-state index in [0.29, 0.717) is 10.2 Å². The molecule has 2 aromatic rings. The molecule has 0 bridgehead atoms. The van der Waals surface area contributed by atoms with E-state index in [0.717, 1.165) is 5.56 Å². The van der Waals surface area contributed by atoms with Gasteiger partial charge in [0.2, 0.25) is 0 Å². The van der Waals surface area contributed by atoms with Crippen LogP contribution in [0.2, 0.25) is 0 Å². The third kappa shape index (κ3) is 3.57. The fourth-order valence-electron chi connectivity index (χ4n) is 1.87. The van der Waals surface area contributed by atoms with Crippen molar-refractivity contribution in [2.45, 2.75) is 6.54 Å². The highest BCUT2D eigenvalue weighted by atomic mass is 79.9. The first kappa shape index (κ1) is 15.0. The number of urea groups is 1. The number of anilines is 1. The molecule has 7 heteroatoms. The van der Waals surface area contributed by atoms with Gasteiger partial charge in [0.05, 0.1) is 17.2 Å². The van der Waals surface area contributed by atoms with E-state index in [2.05, 4.69) is 15.9 Å². The topological polar surface area (TPSA) is 89.5 Å². The van der Waals surface area contributed by atoms with Crippen LogP contribution in [0.15, 0.2) is 53.0 Å². The predicted octanol–water partition coefficient (Wildman–Crippen LogP) is 3.44. The van der Waals surface area contributed by atoms with Crippen molar-refractivity contribution in [1.29, 1.82) is 0 Å². The second-order valence-electron chi connectivity index (χ2n) is 4.30. The maximum absolute atomic E-state index is 11.7. The molecule has 0 aromatic heterocycles. The van der Waals surface area contributed by atoms with E-state index in [1.165, 1.54) is 23.1 Å². The lowest BCUT2D eigenvalue weighted by Crippen LogP contribution is -2.35. The van der Waals surface area contributed by atoms with Crippen molar-refractivity contribution in [3.8, 4) is 0 Å². The largest absolute Gasteiger partial charge is 0.351 e. The van der Waals surface area contributed by atoms with Crippen LogP contribution in [0.25, 0.3) is 0 Å². The molecule has 0 aliphatic heterocycles. The molecule has 6 nitrogen and oxygen atoms in total. The number of hydrogen-bond donors (Lipinski definition) is 1. The van der Waals surface area contributed by atoms with Crippen LogP contribution >= 0.6 is 15.9 Å². The van der Waals surface area contributed by atoms with E-state index in [9.17, 15) is 14.9 Å². The molecule has 21 heavy (non-hydrogen) atoms. The lowest BCUT2D eigenvalue weighted by Gasteiger charge is -2.21. The standard InChI is InChI=1S/C14H12BrN3O3/c15-12-7-6-11(18(20)21)8-13(12)17(14(16)19)9-10-4-2-1-3-5-10/h1-8H,9H2,(H2,16,19). The van der Waals surface area contributed by atoms with E-state index < -0.39 is 11.0 Å². The number of hydrogen-bond acceptors (Lipinski definition) is 3. The first-order valence-electron chi connectivity index (χ1n) is 6.04. The summed E-state index contributed by atoms with van der Waals surface area (Å²) < 4.78 is 0.558. The normalized spacial score (nSPS) is 10.1. The molecule has 0 fully saturated rings. The Labute approximate surface area is 129 Å². The van der Waals surface area contributed by atoms with Crippen LogP contribution in [0.3, 0.4) is 0 Å². The van der Waals surface area contributed by atoms with E-state index in [-0.39, 0.29) is 12.2 Å². The van der Waals surface area contributed by atoms with Crippen LogP contribution < -0.4 is 10.6 Å². The monoisotopic (exact) mass is 349 g/mol. The summed E-state index contributed by atoms with van der Waals surface area (Å²) in [6.45, 7) is 0.232. The molecule has 0 aliphatic carbocycles. The fourth-order valence-corrected chi connectivity index (χ4v) is 2.33. The molecular weight excluding hydrogens is 338 g/mol. The Morgan fingerprint density at radius 1 is 1.24 bits per heavy atom. The SMILES string of the molecule is NC(=O)N(Cc1ccccc1)c1cc([N+](=O)[O-])ccc1Br. The number of nitro groups is 1. The minimum Gasteiger partial charge on any atom is -0.351 e. The average molecular weight is 350 g/mol. The van der Waals surface area contributed by atoms with Gasteiger partial charge in [0.1, 0.15) is 0 Å². The van der Waals surface area contributed by atoms with Gasteiger partial charge in [0, 0.05) is 16.6 Å². The Bertz CT molecular complexity index is 676. The van der Waals surface area contributed by atoms with Gasteiger partial charge in [-0.1, -0.05) is 30.3 Å². The summed E-state index contributed by atoms with van der Waals surface area (Å²) in [6, 6.07) is 12.8. The average Bonchev–Trinajstić information content (AvgIpc) is 2.46. The number of rotatable bonds is 4. The van der Waals surface area contributed by atoms with E-state index in [1.54, 1.807) is 0 Å². The summed E-state index contributed by atoms with van der Waals surface area (Å²) in [5.41, 5.74) is 6.54. The van der Waals surface area contributed by atoms with Gasteiger partial charge in [-0.05, 0) is 27.6 Å². The Morgan fingerprint density at radius 2 is 1.90 bits per heavy atom. The summed E-state index contributed by atoms with van der Waals surface area (Å²) in [5.74, 6) is 0. The second-order valence-corrected chi connectivity index (χ2v) is 5.16. The van der Waals surface area contributed by atoms with Gasteiger partial charge in [0.25, 0.3) is 5.69 Å². The number of amides is 2. The number of nitro benzene ring substituents is 1. The van der Waals surface area contributed by atoms with Gasteiger partial charge in [-0.25, -0.2) is 4.79 Å². The van der Waals surface area contributed by atoms with Crippen molar-refractivity contribution in [3.05, 3.63) is 68.7 Å². The quantitative estimate of drug-likeness (QED) is 0.677. The maximum atomic E-state index is 11.7. The summed E-state index contributed by atoms with van der Waals surface area (Å²) in [5, 5.41) is 10.9. The number of carbonyl (C=O) groups is 1. The number of carbonyl (C=O) groups excluding carboxylic acids is 1. The summed E-state index contributed by atoms with van der Waals surface area (Å²) in [4.78, 5) is 23.3. The van der Waals surface area contributed by atoms with Crippen LogP contribution in [-0.2, 0) is 6.54 Å². The summed E-state index contributed by atoms with van der Waals surface area (Å²) in [7, 11) is 0. The number of benzene rings is 2. The van der Waals surface area contributed by atoms with Crippen LogP contribution in [0.5, 0.6) is 0 Å². The van der Waals surface area contributed by atoms with Gasteiger partial charge < -0.3 is 5.73 Å². The Morgan fingerprint density at radius 3 is 2.48 bits per heavy atom. The highest BCUT2D eigenvalue weighted by Crippen LogP contribution is 2.31. The molecular formula is C14H12BrN3O3. The number of nitrogens with zero attached hydrogens (tertiary/aromatic N) is 2. The molecule has 0 atom stereocenters. The van der Waals surface area contributed by atoms with Crippen LogP contribution in [-0.4, -0.2) is 11.0 Å². The Kier molecular flexibility index (Phi) is 4.54. The number of non-ortho nitro benzene ring substituents is 1. The van der Waals surface area contributed by atoms with Crippen molar-refractivity contribution < 1.29 is 9.72 Å². The van der Waals surface area contributed by atoms with Crippen molar-refractivity contribution >= 4 is 33.3 Å². The van der Waals surface area contributed by atoms with E-state index >= 15 is 0 Å². The van der Waals surface area contributed by atoms with Crippen LogP contribution in [0.4, 0.5) is 16.2 Å². The first-order chi connectivity index (χ1) is 9.99. The predicted molar refractivity (Wildman–Crippen MR) is 83.0 cm³/mol. The molecule has 0 unspecified atom stereocenters. The van der Waals surface area contributed by atoms with Crippen molar-refractivity contribution in [3.63, 3.8) is 0 Å². The van der Waals surface area contributed by atoms with E-state index in [1.807, 2.05) is 30.3 Å². The Hall–Kier alpha value is -2.41. The molecule has 2 amide bonds. The lowest BCUT2D eigenvalue weighted by molar-refractivity contribution is -0.384. The van der Waals surface area contributed by atoms with E-state index in [4.69, 9.17) is 5.73 Å². The maximum Gasteiger partial charge on any atom is 0.319 e. The molecule has 2 aromatic carbocycles. The first-order valence-corrected chi connectivity index (χ1v) is 6.83. The van der Waals surface area contributed by atoms with Gasteiger partial charge >= 0.3 is 6.03 Å². The molecule has 108 valence electrons. The second kappa shape index (κ2) is 6.36. The minimum absolute atomic E-state index is 0.104. The van der Waals surface area contributed by atoms with Crippen molar-refractivity contribution in [2.24, 2.45) is 5.73 Å². The zero-order valence-electron chi connectivity index (χ0n) is 10.9.